The van der Waals surface area contributed by atoms with Gasteiger partial charge < -0.3 is 9.64 Å². The first-order valence-electron chi connectivity index (χ1n) is 9.59. The number of likely N-dealkylation sites (tertiary alicyclic amines) is 1. The zero-order chi connectivity index (χ0) is 22.9. The largest absolute Gasteiger partial charge is 0.487 e. The number of benzene rings is 2. The monoisotopic (exact) mass is 548 g/mol. The van der Waals surface area contributed by atoms with Crippen LogP contribution in [-0.2, 0) is 10.0 Å². The fourth-order valence-corrected chi connectivity index (χ4v) is 7.77. The van der Waals surface area contributed by atoms with Crippen LogP contribution in [0.1, 0.15) is 6.42 Å². The Morgan fingerprint density at radius 3 is 2.53 bits per heavy atom. The van der Waals surface area contributed by atoms with Crippen LogP contribution in [0.25, 0.3) is 0 Å². The van der Waals surface area contributed by atoms with E-state index >= 15 is 0 Å². The summed E-state index contributed by atoms with van der Waals surface area (Å²) >= 11 is 20.9. The maximum Gasteiger partial charge on any atom is 0.271 e. The summed E-state index contributed by atoms with van der Waals surface area (Å²) in [6.45, 7) is 1.76. The van der Waals surface area contributed by atoms with Gasteiger partial charge in [0.05, 0.1) is 14.9 Å². The Morgan fingerprint density at radius 2 is 1.84 bits per heavy atom. The molecule has 1 aromatic heterocycles. The molecule has 1 atom stereocenters. The molecule has 32 heavy (non-hydrogen) atoms. The molecule has 3 aromatic rings. The number of halogens is 3. The third kappa shape index (κ3) is 6.05. The Hall–Kier alpha value is -1.13. The number of thiophene rings is 1. The summed E-state index contributed by atoms with van der Waals surface area (Å²) in [7, 11) is -1.74. The van der Waals surface area contributed by atoms with Gasteiger partial charge in [-0.1, -0.05) is 46.6 Å². The second kappa shape index (κ2) is 10.0. The van der Waals surface area contributed by atoms with Crippen molar-refractivity contribution in [2.24, 2.45) is 0 Å². The number of ether oxygens (including phenoxy) is 1. The van der Waals surface area contributed by atoms with Crippen molar-refractivity contribution in [3.8, 4) is 5.75 Å². The average Bonchev–Trinajstić information content (AvgIpc) is 3.33. The van der Waals surface area contributed by atoms with Gasteiger partial charge in [0.15, 0.2) is 0 Å². The van der Waals surface area contributed by atoms with Gasteiger partial charge in [-0.2, -0.15) is 0 Å². The summed E-state index contributed by atoms with van der Waals surface area (Å²) in [5, 5.41) is 1.49. The van der Waals surface area contributed by atoms with Crippen molar-refractivity contribution in [1.29, 1.82) is 0 Å². The predicted molar refractivity (Wildman–Crippen MR) is 134 cm³/mol. The summed E-state index contributed by atoms with van der Waals surface area (Å²) in [6.07, 6.45) is 0.928. The topological polar surface area (TPSA) is 58.6 Å². The molecule has 1 saturated heterocycles. The SMILES string of the molecule is CN1CC[C@@H](Oc2cc(NS(=O)(=O)c3ccc(Sc4cc(Cl)cc(Cl)c4)s3)ccc2Cl)C1. The van der Waals surface area contributed by atoms with Crippen LogP contribution in [0, 0.1) is 0 Å². The van der Waals surface area contributed by atoms with Crippen LogP contribution in [0.3, 0.4) is 0 Å². The van der Waals surface area contributed by atoms with Crippen LogP contribution in [0.4, 0.5) is 5.69 Å². The molecule has 1 aliphatic rings. The molecule has 0 radical (unpaired) electrons. The van der Waals surface area contributed by atoms with Gasteiger partial charge in [0, 0.05) is 34.1 Å². The lowest BCUT2D eigenvalue weighted by Gasteiger charge is -2.16. The van der Waals surface area contributed by atoms with Gasteiger partial charge in [0.25, 0.3) is 10.0 Å². The third-order valence-electron chi connectivity index (χ3n) is 4.70. The minimum Gasteiger partial charge on any atom is -0.487 e. The van der Waals surface area contributed by atoms with E-state index in [2.05, 4.69) is 9.62 Å². The van der Waals surface area contributed by atoms with E-state index < -0.39 is 10.0 Å². The third-order valence-corrected chi connectivity index (χ3v) is 9.51. The Balaban J connectivity index is 1.48. The van der Waals surface area contributed by atoms with Gasteiger partial charge in [0.2, 0.25) is 0 Å². The number of hydrogen-bond donors (Lipinski definition) is 1. The van der Waals surface area contributed by atoms with Crippen molar-refractivity contribution in [2.75, 3.05) is 24.9 Å². The van der Waals surface area contributed by atoms with Gasteiger partial charge in [-0.05, 0) is 55.9 Å². The number of nitrogens with one attached hydrogen (secondary N) is 1. The van der Waals surface area contributed by atoms with Crippen LogP contribution < -0.4 is 9.46 Å². The fraction of sp³-hybridized carbons (Fsp3) is 0.238. The zero-order valence-corrected chi connectivity index (χ0v) is 21.6. The summed E-state index contributed by atoms with van der Waals surface area (Å²) < 4.78 is 35.5. The lowest BCUT2D eigenvalue weighted by molar-refractivity contribution is 0.208. The van der Waals surface area contributed by atoms with E-state index in [0.29, 0.717) is 26.5 Å². The zero-order valence-electron chi connectivity index (χ0n) is 16.8. The van der Waals surface area contributed by atoms with Crippen LogP contribution in [-0.4, -0.2) is 39.6 Å². The number of likely N-dealkylation sites (N-methyl/N-ethyl adjacent to an activating group) is 1. The molecule has 0 saturated carbocycles. The van der Waals surface area contributed by atoms with E-state index in [-0.39, 0.29) is 10.3 Å². The molecule has 5 nitrogen and oxygen atoms in total. The summed E-state index contributed by atoms with van der Waals surface area (Å²) in [5.41, 5.74) is 0.389. The molecule has 4 rings (SSSR count). The van der Waals surface area contributed by atoms with Crippen molar-refractivity contribution >= 4 is 73.6 Å². The molecule has 2 aromatic carbocycles. The van der Waals surface area contributed by atoms with E-state index in [1.54, 1.807) is 48.5 Å². The molecule has 170 valence electrons. The maximum atomic E-state index is 12.9. The fourth-order valence-electron chi connectivity index (χ4n) is 3.24. The molecule has 1 aliphatic heterocycles. The molecule has 1 fully saturated rings. The number of hydrogen-bond acceptors (Lipinski definition) is 6. The lowest BCUT2D eigenvalue weighted by atomic mass is 10.3. The Morgan fingerprint density at radius 1 is 1.09 bits per heavy atom. The van der Waals surface area contributed by atoms with Gasteiger partial charge >= 0.3 is 0 Å². The standard InChI is InChI=1S/C21H19Cl3N2O3S3/c1-26-7-6-16(12-26)29-19-11-15(2-3-18(19)24)25-32(27,28)21-5-4-20(31-21)30-17-9-13(22)8-14(23)10-17/h2-5,8-11,16,25H,6-7,12H2,1H3/t16-/m1/s1. The minimum atomic E-state index is -3.77. The normalized spacial score (nSPS) is 16.9. The van der Waals surface area contributed by atoms with Crippen molar-refractivity contribution in [3.05, 3.63) is 63.6 Å². The molecule has 0 aliphatic carbocycles. The summed E-state index contributed by atoms with van der Waals surface area (Å²) in [6, 6.07) is 13.4. The molecule has 0 bridgehead atoms. The van der Waals surface area contributed by atoms with Gasteiger partial charge in [-0.25, -0.2) is 8.42 Å². The maximum absolute atomic E-state index is 12.9. The van der Waals surface area contributed by atoms with Crippen molar-refractivity contribution < 1.29 is 13.2 Å². The van der Waals surface area contributed by atoms with Gasteiger partial charge in [-0.3, -0.25) is 4.72 Å². The Kier molecular flexibility index (Phi) is 7.51. The number of sulfonamides is 1. The van der Waals surface area contributed by atoms with Crippen molar-refractivity contribution in [2.45, 2.75) is 25.8 Å². The van der Waals surface area contributed by atoms with E-state index in [1.807, 2.05) is 7.05 Å². The first-order chi connectivity index (χ1) is 15.2. The highest BCUT2D eigenvalue weighted by Crippen LogP contribution is 2.38. The van der Waals surface area contributed by atoms with Crippen molar-refractivity contribution in [3.63, 3.8) is 0 Å². The van der Waals surface area contributed by atoms with E-state index in [9.17, 15) is 8.42 Å². The Bertz CT molecular complexity index is 1210. The molecular formula is C21H19Cl3N2O3S3. The minimum absolute atomic E-state index is 0.0289. The van der Waals surface area contributed by atoms with Crippen LogP contribution in [0.5, 0.6) is 5.75 Å². The van der Waals surface area contributed by atoms with Crippen LogP contribution in [0.2, 0.25) is 15.1 Å². The number of nitrogens with zero attached hydrogens (tertiary/aromatic N) is 1. The quantitative estimate of drug-likeness (QED) is 0.353. The van der Waals surface area contributed by atoms with Crippen LogP contribution in [0.15, 0.2) is 61.8 Å². The highest BCUT2D eigenvalue weighted by Gasteiger charge is 2.23. The molecular weight excluding hydrogens is 531 g/mol. The summed E-state index contributed by atoms with van der Waals surface area (Å²) in [5.74, 6) is 0.465. The molecule has 0 amide bonds. The highest BCUT2D eigenvalue weighted by molar-refractivity contribution is 8.02. The molecule has 0 spiro atoms. The second-order valence-corrected chi connectivity index (χ2v) is 13.0. The van der Waals surface area contributed by atoms with Crippen LogP contribution >= 0.6 is 57.9 Å². The number of rotatable bonds is 7. The first kappa shape index (κ1) is 24.0. The Labute approximate surface area is 210 Å². The second-order valence-electron chi connectivity index (χ2n) is 7.32. The molecule has 1 N–H and O–H groups in total. The smallest absolute Gasteiger partial charge is 0.271 e. The molecule has 2 heterocycles. The number of anilines is 1. The van der Waals surface area contributed by atoms with E-state index in [0.717, 1.165) is 40.0 Å². The van der Waals surface area contributed by atoms with Gasteiger partial charge in [0.1, 0.15) is 16.1 Å². The first-order valence-corrected chi connectivity index (χ1v) is 13.8. The van der Waals surface area contributed by atoms with E-state index in [1.165, 1.54) is 11.8 Å². The highest BCUT2D eigenvalue weighted by atomic mass is 35.5. The molecule has 11 heteroatoms. The summed E-state index contributed by atoms with van der Waals surface area (Å²) in [4.78, 5) is 3.01. The molecule has 0 unspecified atom stereocenters. The van der Waals surface area contributed by atoms with Gasteiger partial charge in [-0.15, -0.1) is 11.3 Å². The average molecular weight is 550 g/mol. The van der Waals surface area contributed by atoms with E-state index in [4.69, 9.17) is 39.5 Å². The van der Waals surface area contributed by atoms with Crippen molar-refractivity contribution in [1.82, 2.24) is 4.90 Å². The predicted octanol–water partition coefficient (Wildman–Crippen LogP) is 6.74. The lowest BCUT2D eigenvalue weighted by Crippen LogP contribution is -2.21.